The summed E-state index contributed by atoms with van der Waals surface area (Å²) in [5.41, 5.74) is 2.83. The average Bonchev–Trinajstić information content (AvgIpc) is 3.38. The van der Waals surface area contributed by atoms with Crippen molar-refractivity contribution >= 4 is 26.8 Å². The molecule has 1 saturated heterocycles. The number of rotatable bonds is 9. The fraction of sp³-hybridized carbons (Fsp3) is 0.250. The molecule has 0 spiro atoms. The van der Waals surface area contributed by atoms with Crippen molar-refractivity contribution in [2.45, 2.75) is 43.9 Å². The standard InChI is InChI=1S/C32H31F4NP2/c1-2-3-20-37(39(31-16-14-25(33)21-27(31)35)32-17-15-26(34)22-28(32)36)38-29(23-10-6-4-7-11-23)18-19-30(38)24-12-8-5-9-13-24/h4-17,21-22,29-30H,2-3,18-20H2,1H3/t29-,30?,38?/m0/s1. The van der Waals surface area contributed by atoms with E-state index in [0.717, 1.165) is 37.8 Å². The maximum Gasteiger partial charge on any atom is 0.135 e. The van der Waals surface area contributed by atoms with Gasteiger partial charge in [-0.2, -0.15) is 0 Å². The van der Waals surface area contributed by atoms with Crippen molar-refractivity contribution in [1.82, 2.24) is 4.44 Å². The third-order valence-electron chi connectivity index (χ3n) is 7.21. The van der Waals surface area contributed by atoms with E-state index in [1.165, 1.54) is 35.4 Å². The Morgan fingerprint density at radius 1 is 0.692 bits per heavy atom. The Morgan fingerprint density at radius 2 is 1.15 bits per heavy atom. The van der Waals surface area contributed by atoms with Crippen LogP contribution in [0.5, 0.6) is 0 Å². The Hall–Kier alpha value is -2.58. The molecular weight excluding hydrogens is 536 g/mol. The smallest absolute Gasteiger partial charge is 0.135 e. The van der Waals surface area contributed by atoms with Crippen LogP contribution < -0.4 is 10.6 Å². The maximum absolute atomic E-state index is 15.6. The fourth-order valence-electron chi connectivity index (χ4n) is 5.41. The van der Waals surface area contributed by atoms with Crippen LogP contribution in [0.1, 0.15) is 55.1 Å². The fourth-order valence-corrected chi connectivity index (χ4v) is 12.9. The molecule has 0 aliphatic carbocycles. The molecule has 1 aliphatic rings. The summed E-state index contributed by atoms with van der Waals surface area (Å²) in [6, 6.07) is 27.8. The van der Waals surface area contributed by atoms with Gasteiger partial charge in [0.1, 0.15) is 23.3 Å². The van der Waals surface area contributed by atoms with Gasteiger partial charge in [-0.05, 0) is 62.7 Å². The molecule has 2 unspecified atom stereocenters. The van der Waals surface area contributed by atoms with Gasteiger partial charge in [0.15, 0.2) is 0 Å². The van der Waals surface area contributed by atoms with Crippen LogP contribution in [0.4, 0.5) is 17.6 Å². The predicted molar refractivity (Wildman–Crippen MR) is 155 cm³/mol. The molecule has 1 heterocycles. The van der Waals surface area contributed by atoms with Crippen LogP contribution in [-0.4, -0.2) is 11.0 Å². The summed E-state index contributed by atoms with van der Waals surface area (Å²) in [6.07, 6.45) is 3.66. The highest BCUT2D eigenvalue weighted by atomic mass is 31.2. The van der Waals surface area contributed by atoms with Crippen molar-refractivity contribution in [2.75, 3.05) is 6.54 Å². The highest BCUT2D eigenvalue weighted by molar-refractivity contribution is 7.79. The lowest BCUT2D eigenvalue weighted by atomic mass is 10.0. The van der Waals surface area contributed by atoms with Gasteiger partial charge in [-0.25, -0.2) is 17.6 Å². The van der Waals surface area contributed by atoms with E-state index in [0.29, 0.717) is 6.54 Å². The van der Waals surface area contributed by atoms with Gasteiger partial charge in [0.05, 0.1) is 0 Å². The summed E-state index contributed by atoms with van der Waals surface area (Å²) < 4.78 is 61.6. The summed E-state index contributed by atoms with van der Waals surface area (Å²) in [5.74, 6) is -2.76. The SMILES string of the molecule is CCCCN(P(c1ccc(F)cc1F)c1ccc(F)cc1F)P1C(c2ccccc2)CC[C@H]1c1ccccc1. The molecule has 0 bridgehead atoms. The van der Waals surface area contributed by atoms with Crippen molar-refractivity contribution in [2.24, 2.45) is 0 Å². The van der Waals surface area contributed by atoms with Gasteiger partial charge in [0, 0.05) is 48.7 Å². The molecule has 0 N–H and O–H groups in total. The molecule has 202 valence electrons. The van der Waals surface area contributed by atoms with Crippen LogP contribution in [0.3, 0.4) is 0 Å². The predicted octanol–water partition coefficient (Wildman–Crippen LogP) is 9.37. The molecule has 7 heteroatoms. The van der Waals surface area contributed by atoms with E-state index in [4.69, 9.17) is 0 Å². The minimum Gasteiger partial charge on any atom is -0.251 e. The van der Waals surface area contributed by atoms with Gasteiger partial charge in [-0.15, -0.1) is 0 Å². The minimum absolute atomic E-state index is 0.195. The quantitative estimate of drug-likeness (QED) is 0.144. The average molecular weight is 568 g/mol. The van der Waals surface area contributed by atoms with E-state index >= 15 is 8.78 Å². The van der Waals surface area contributed by atoms with Gasteiger partial charge >= 0.3 is 0 Å². The lowest BCUT2D eigenvalue weighted by molar-refractivity contribution is 0.584. The van der Waals surface area contributed by atoms with Crippen molar-refractivity contribution in [3.05, 3.63) is 131 Å². The Labute approximate surface area is 230 Å². The van der Waals surface area contributed by atoms with Crippen molar-refractivity contribution in [3.63, 3.8) is 0 Å². The normalized spacial score (nSPS) is 19.2. The molecule has 0 radical (unpaired) electrons. The van der Waals surface area contributed by atoms with Gasteiger partial charge in [0.2, 0.25) is 0 Å². The van der Waals surface area contributed by atoms with E-state index in [1.54, 1.807) is 0 Å². The molecule has 39 heavy (non-hydrogen) atoms. The van der Waals surface area contributed by atoms with E-state index < -0.39 is 39.4 Å². The third-order valence-corrected chi connectivity index (χ3v) is 13.8. The number of unbranched alkanes of at least 4 members (excludes halogenated alkanes) is 1. The van der Waals surface area contributed by atoms with Crippen molar-refractivity contribution < 1.29 is 17.6 Å². The van der Waals surface area contributed by atoms with Gasteiger partial charge < -0.3 is 0 Å². The Bertz CT molecular complexity index is 1290. The first-order valence-corrected chi connectivity index (χ1v) is 16.1. The van der Waals surface area contributed by atoms with Crippen LogP contribution in [0.2, 0.25) is 0 Å². The maximum atomic E-state index is 15.6. The monoisotopic (exact) mass is 567 g/mol. The first kappa shape index (κ1) is 28.0. The van der Waals surface area contributed by atoms with Crippen LogP contribution in [0.25, 0.3) is 0 Å². The summed E-state index contributed by atoms with van der Waals surface area (Å²) in [5, 5.41) is 0.530. The van der Waals surface area contributed by atoms with E-state index in [-0.39, 0.29) is 21.9 Å². The number of hydrogen-bond donors (Lipinski definition) is 0. The number of halogens is 4. The summed E-state index contributed by atoms with van der Waals surface area (Å²) >= 11 is 0. The van der Waals surface area contributed by atoms with Crippen molar-refractivity contribution in [3.8, 4) is 0 Å². The second-order valence-corrected chi connectivity index (χ2v) is 14.6. The molecule has 0 saturated carbocycles. The van der Waals surface area contributed by atoms with E-state index in [9.17, 15) is 8.78 Å². The Morgan fingerprint density at radius 3 is 1.56 bits per heavy atom. The molecule has 0 amide bonds. The molecular formula is C32H31F4NP2. The lowest BCUT2D eigenvalue weighted by Crippen LogP contribution is -2.30. The molecule has 1 fully saturated rings. The largest absolute Gasteiger partial charge is 0.251 e. The zero-order valence-corrected chi connectivity index (χ0v) is 23.6. The van der Waals surface area contributed by atoms with Crippen LogP contribution in [-0.2, 0) is 0 Å². The number of nitrogens with zero attached hydrogens (tertiary/aromatic N) is 1. The second kappa shape index (κ2) is 12.7. The van der Waals surface area contributed by atoms with E-state index in [1.807, 2.05) is 36.4 Å². The molecule has 3 atom stereocenters. The first-order valence-electron chi connectivity index (χ1n) is 13.3. The Balaban J connectivity index is 1.72. The molecule has 5 rings (SSSR count). The number of hydrogen-bond acceptors (Lipinski definition) is 1. The van der Waals surface area contributed by atoms with Gasteiger partial charge in [-0.1, -0.05) is 74.0 Å². The molecule has 4 aromatic rings. The van der Waals surface area contributed by atoms with Crippen LogP contribution in [0, 0.1) is 23.3 Å². The topological polar surface area (TPSA) is 3.24 Å². The highest BCUT2D eigenvalue weighted by Gasteiger charge is 2.45. The van der Waals surface area contributed by atoms with Crippen LogP contribution >= 0.6 is 16.1 Å². The zero-order valence-electron chi connectivity index (χ0n) is 21.8. The van der Waals surface area contributed by atoms with E-state index in [2.05, 4.69) is 35.6 Å². The molecule has 4 aromatic carbocycles. The van der Waals surface area contributed by atoms with Gasteiger partial charge in [0.25, 0.3) is 0 Å². The van der Waals surface area contributed by atoms with Crippen LogP contribution in [0.15, 0.2) is 97.1 Å². The third kappa shape index (κ3) is 6.12. The van der Waals surface area contributed by atoms with Gasteiger partial charge in [-0.3, -0.25) is 4.44 Å². The number of benzene rings is 4. The molecule has 1 aliphatic heterocycles. The summed E-state index contributed by atoms with van der Waals surface area (Å²) in [7, 11) is -2.74. The first-order chi connectivity index (χ1) is 19.0. The summed E-state index contributed by atoms with van der Waals surface area (Å²) in [6.45, 7) is 2.73. The zero-order chi connectivity index (χ0) is 27.4. The Kier molecular flexibility index (Phi) is 9.13. The minimum atomic E-state index is -1.76. The van der Waals surface area contributed by atoms with Crippen molar-refractivity contribution in [1.29, 1.82) is 0 Å². The molecule has 1 nitrogen and oxygen atoms in total. The highest BCUT2D eigenvalue weighted by Crippen LogP contribution is 2.76. The lowest BCUT2D eigenvalue weighted by Gasteiger charge is -2.42. The second-order valence-electron chi connectivity index (χ2n) is 9.76. The summed E-state index contributed by atoms with van der Waals surface area (Å²) in [4.78, 5) is 0. The molecule has 0 aromatic heterocycles.